The highest BCUT2D eigenvalue weighted by molar-refractivity contribution is 9.09. The summed E-state index contributed by atoms with van der Waals surface area (Å²) in [5.41, 5.74) is 4.86. The first kappa shape index (κ1) is 14.1. The summed E-state index contributed by atoms with van der Waals surface area (Å²) in [5, 5.41) is 0. The maximum Gasteiger partial charge on any atom is 0.0242 e. The largest absolute Gasteiger partial charge is 0.0881 e. The molecule has 1 heteroatoms. The van der Waals surface area contributed by atoms with E-state index in [0.717, 1.165) is 0 Å². The van der Waals surface area contributed by atoms with Crippen molar-refractivity contribution in [2.45, 2.75) is 64.1 Å². The Morgan fingerprint density at radius 3 is 2.39 bits per heavy atom. The quantitative estimate of drug-likeness (QED) is 0.637. The molecular weight excluding hydrogens is 284 g/mol. The summed E-state index contributed by atoms with van der Waals surface area (Å²) >= 11 is 4.00. The normalized spacial score (nSPS) is 20.0. The molecule has 0 bridgehead atoms. The van der Waals surface area contributed by atoms with Gasteiger partial charge in [-0.25, -0.2) is 0 Å². The standard InChI is InChI=1S/C17H25Br/c1-4-17(9-5-6-10-17)16(18)12-15-8-7-13(2)14(3)11-15/h7-8,11,16H,4-6,9-10,12H2,1-3H3. The van der Waals surface area contributed by atoms with E-state index in [0.29, 0.717) is 10.2 Å². The molecule has 0 saturated heterocycles. The van der Waals surface area contributed by atoms with E-state index in [1.165, 1.54) is 55.2 Å². The molecule has 0 N–H and O–H groups in total. The van der Waals surface area contributed by atoms with Crippen LogP contribution in [-0.2, 0) is 6.42 Å². The summed E-state index contributed by atoms with van der Waals surface area (Å²) < 4.78 is 0. The molecule has 0 radical (unpaired) electrons. The third-order valence-electron chi connectivity index (χ3n) is 4.95. The maximum absolute atomic E-state index is 4.00. The van der Waals surface area contributed by atoms with Gasteiger partial charge in [0, 0.05) is 4.83 Å². The van der Waals surface area contributed by atoms with Crippen molar-refractivity contribution in [3.63, 3.8) is 0 Å². The Bertz CT molecular complexity index is 402. The molecule has 1 aliphatic rings. The average molecular weight is 309 g/mol. The van der Waals surface area contributed by atoms with Gasteiger partial charge in [-0.1, -0.05) is 53.9 Å². The highest BCUT2D eigenvalue weighted by atomic mass is 79.9. The SMILES string of the molecule is CCC1(C(Br)Cc2ccc(C)c(C)c2)CCCC1. The number of hydrogen-bond donors (Lipinski definition) is 0. The second-order valence-electron chi connectivity index (χ2n) is 6.01. The first-order chi connectivity index (χ1) is 8.57. The van der Waals surface area contributed by atoms with Gasteiger partial charge in [0.05, 0.1) is 0 Å². The zero-order valence-corrected chi connectivity index (χ0v) is 13.5. The molecule has 100 valence electrons. The fraction of sp³-hybridized carbons (Fsp3) is 0.647. The molecular formula is C17H25Br. The van der Waals surface area contributed by atoms with Crippen LogP contribution in [0.1, 0.15) is 55.7 Å². The molecule has 1 aromatic rings. The number of halogens is 1. The lowest BCUT2D eigenvalue weighted by atomic mass is 9.78. The van der Waals surface area contributed by atoms with Crippen LogP contribution >= 0.6 is 15.9 Å². The predicted molar refractivity (Wildman–Crippen MR) is 83.5 cm³/mol. The number of aryl methyl sites for hydroxylation is 2. The van der Waals surface area contributed by atoms with E-state index in [9.17, 15) is 0 Å². The van der Waals surface area contributed by atoms with Gasteiger partial charge < -0.3 is 0 Å². The lowest BCUT2D eigenvalue weighted by Gasteiger charge is -2.33. The van der Waals surface area contributed by atoms with E-state index in [1.54, 1.807) is 0 Å². The van der Waals surface area contributed by atoms with E-state index in [-0.39, 0.29) is 0 Å². The van der Waals surface area contributed by atoms with Gasteiger partial charge in [-0.2, -0.15) is 0 Å². The summed E-state index contributed by atoms with van der Waals surface area (Å²) in [4.78, 5) is 0.639. The highest BCUT2D eigenvalue weighted by Gasteiger charge is 2.38. The van der Waals surface area contributed by atoms with Gasteiger partial charge in [-0.15, -0.1) is 0 Å². The minimum Gasteiger partial charge on any atom is -0.0881 e. The van der Waals surface area contributed by atoms with Crippen molar-refractivity contribution in [3.05, 3.63) is 34.9 Å². The number of alkyl halides is 1. The van der Waals surface area contributed by atoms with Crippen LogP contribution in [0.15, 0.2) is 18.2 Å². The predicted octanol–water partition coefficient (Wildman–Crippen LogP) is 5.58. The van der Waals surface area contributed by atoms with Crippen molar-refractivity contribution in [2.24, 2.45) is 5.41 Å². The van der Waals surface area contributed by atoms with Crippen LogP contribution in [0.4, 0.5) is 0 Å². The summed E-state index contributed by atoms with van der Waals surface area (Å²) in [6.07, 6.45) is 8.14. The monoisotopic (exact) mass is 308 g/mol. The van der Waals surface area contributed by atoms with Crippen molar-refractivity contribution >= 4 is 15.9 Å². The Morgan fingerprint density at radius 1 is 1.17 bits per heavy atom. The molecule has 0 nitrogen and oxygen atoms in total. The van der Waals surface area contributed by atoms with Gasteiger partial charge in [-0.05, 0) is 61.6 Å². The van der Waals surface area contributed by atoms with Crippen LogP contribution in [0.2, 0.25) is 0 Å². The van der Waals surface area contributed by atoms with Gasteiger partial charge in [0.1, 0.15) is 0 Å². The molecule has 0 spiro atoms. The van der Waals surface area contributed by atoms with E-state index in [1.807, 2.05) is 0 Å². The molecule has 0 aliphatic heterocycles. The lowest BCUT2D eigenvalue weighted by molar-refractivity contribution is 0.275. The minimum atomic E-state index is 0.554. The third kappa shape index (κ3) is 2.82. The van der Waals surface area contributed by atoms with Gasteiger partial charge in [0.25, 0.3) is 0 Å². The van der Waals surface area contributed by atoms with E-state index >= 15 is 0 Å². The first-order valence-electron chi connectivity index (χ1n) is 7.27. The second kappa shape index (κ2) is 5.77. The Hall–Kier alpha value is -0.300. The molecule has 1 atom stereocenters. The van der Waals surface area contributed by atoms with E-state index in [4.69, 9.17) is 0 Å². The van der Waals surface area contributed by atoms with Crippen molar-refractivity contribution < 1.29 is 0 Å². The molecule has 1 saturated carbocycles. The molecule has 1 aliphatic carbocycles. The van der Waals surface area contributed by atoms with Gasteiger partial charge in [-0.3, -0.25) is 0 Å². The van der Waals surface area contributed by atoms with Crippen LogP contribution in [0.3, 0.4) is 0 Å². The Kier molecular flexibility index (Phi) is 4.53. The van der Waals surface area contributed by atoms with Crippen LogP contribution < -0.4 is 0 Å². The van der Waals surface area contributed by atoms with Crippen molar-refractivity contribution in [2.75, 3.05) is 0 Å². The molecule has 2 rings (SSSR count). The molecule has 1 fully saturated rings. The van der Waals surface area contributed by atoms with Gasteiger partial charge in [0.2, 0.25) is 0 Å². The molecule has 1 unspecified atom stereocenters. The number of benzene rings is 1. The first-order valence-corrected chi connectivity index (χ1v) is 8.19. The summed E-state index contributed by atoms with van der Waals surface area (Å²) in [6, 6.07) is 6.93. The summed E-state index contributed by atoms with van der Waals surface area (Å²) in [6.45, 7) is 6.77. The van der Waals surface area contributed by atoms with Crippen molar-refractivity contribution in [1.82, 2.24) is 0 Å². The Labute approximate surface area is 120 Å². The fourth-order valence-corrected chi connectivity index (χ4v) is 4.48. The summed E-state index contributed by atoms with van der Waals surface area (Å²) in [5.74, 6) is 0. The van der Waals surface area contributed by atoms with Crippen molar-refractivity contribution in [1.29, 1.82) is 0 Å². The Morgan fingerprint density at radius 2 is 1.83 bits per heavy atom. The van der Waals surface area contributed by atoms with E-state index in [2.05, 4.69) is 54.9 Å². The van der Waals surface area contributed by atoms with Gasteiger partial charge >= 0.3 is 0 Å². The smallest absolute Gasteiger partial charge is 0.0242 e. The minimum absolute atomic E-state index is 0.554. The zero-order valence-electron chi connectivity index (χ0n) is 11.9. The Balaban J connectivity index is 2.10. The second-order valence-corrected chi connectivity index (χ2v) is 7.12. The summed E-state index contributed by atoms with van der Waals surface area (Å²) in [7, 11) is 0. The highest BCUT2D eigenvalue weighted by Crippen LogP contribution is 2.47. The van der Waals surface area contributed by atoms with Gasteiger partial charge in [0.15, 0.2) is 0 Å². The molecule has 0 amide bonds. The average Bonchev–Trinajstić information content (AvgIpc) is 2.84. The maximum atomic E-state index is 4.00. The third-order valence-corrected chi connectivity index (χ3v) is 6.25. The molecule has 1 aromatic carbocycles. The van der Waals surface area contributed by atoms with E-state index < -0.39 is 0 Å². The zero-order chi connectivity index (χ0) is 13.2. The topological polar surface area (TPSA) is 0 Å². The van der Waals surface area contributed by atoms with Crippen LogP contribution in [0.5, 0.6) is 0 Å². The van der Waals surface area contributed by atoms with Crippen molar-refractivity contribution in [3.8, 4) is 0 Å². The number of hydrogen-bond acceptors (Lipinski definition) is 0. The van der Waals surface area contributed by atoms with Crippen LogP contribution in [0, 0.1) is 19.3 Å². The van der Waals surface area contributed by atoms with Crippen LogP contribution in [-0.4, -0.2) is 4.83 Å². The molecule has 0 aromatic heterocycles. The van der Waals surface area contributed by atoms with Crippen LogP contribution in [0.25, 0.3) is 0 Å². The number of rotatable bonds is 4. The molecule has 18 heavy (non-hydrogen) atoms. The fourth-order valence-electron chi connectivity index (χ4n) is 3.32. The molecule has 0 heterocycles. The lowest BCUT2D eigenvalue weighted by Crippen LogP contribution is -2.29.